The van der Waals surface area contributed by atoms with E-state index < -0.39 is 23.9 Å². The Balaban J connectivity index is 2.07. The van der Waals surface area contributed by atoms with Gasteiger partial charge in [-0.25, -0.2) is 9.59 Å². The molecule has 0 saturated heterocycles. The number of benzene rings is 1. The molecular formula is C18H25N5O4. The Labute approximate surface area is 157 Å². The van der Waals surface area contributed by atoms with Crippen molar-refractivity contribution >= 4 is 23.9 Å². The van der Waals surface area contributed by atoms with E-state index >= 15 is 0 Å². The van der Waals surface area contributed by atoms with Crippen LogP contribution in [0.4, 0.5) is 9.59 Å². The SMILES string of the molecule is CNC(=O)NC(=O)CN(CC(=O)NC(=O)NC)CC1(c2ccccc2)CC1. The van der Waals surface area contributed by atoms with E-state index in [1.807, 2.05) is 30.3 Å². The first kappa shape index (κ1) is 20.4. The summed E-state index contributed by atoms with van der Waals surface area (Å²) in [5.41, 5.74) is 1.02. The molecule has 1 aliphatic rings. The molecule has 2 rings (SSSR count). The van der Waals surface area contributed by atoms with Crippen LogP contribution < -0.4 is 21.3 Å². The summed E-state index contributed by atoms with van der Waals surface area (Å²) in [5, 5.41) is 9.00. The van der Waals surface area contributed by atoms with E-state index in [0.717, 1.165) is 18.4 Å². The third kappa shape index (κ3) is 6.07. The van der Waals surface area contributed by atoms with Crippen LogP contribution in [0.1, 0.15) is 18.4 Å². The van der Waals surface area contributed by atoms with Gasteiger partial charge in [-0.05, 0) is 18.4 Å². The first-order valence-corrected chi connectivity index (χ1v) is 8.69. The molecule has 27 heavy (non-hydrogen) atoms. The average molecular weight is 375 g/mol. The lowest BCUT2D eigenvalue weighted by Crippen LogP contribution is -2.49. The Morgan fingerprint density at radius 3 is 1.78 bits per heavy atom. The lowest BCUT2D eigenvalue weighted by molar-refractivity contribution is -0.124. The first-order valence-electron chi connectivity index (χ1n) is 8.69. The van der Waals surface area contributed by atoms with Crippen molar-refractivity contribution in [3.05, 3.63) is 35.9 Å². The van der Waals surface area contributed by atoms with Crippen LogP contribution in [0.15, 0.2) is 30.3 Å². The molecule has 1 aliphatic carbocycles. The summed E-state index contributed by atoms with van der Waals surface area (Å²) in [6.07, 6.45) is 1.89. The predicted molar refractivity (Wildman–Crippen MR) is 99.0 cm³/mol. The molecule has 0 unspecified atom stereocenters. The second-order valence-corrected chi connectivity index (χ2v) is 6.55. The third-order valence-corrected chi connectivity index (χ3v) is 4.46. The highest BCUT2D eigenvalue weighted by atomic mass is 16.2. The number of carbonyl (C=O) groups is 4. The number of amides is 6. The smallest absolute Gasteiger partial charge is 0.321 e. The Kier molecular flexibility index (Phi) is 6.89. The predicted octanol–water partition coefficient (Wildman–Crippen LogP) is -0.0686. The van der Waals surface area contributed by atoms with Gasteiger partial charge in [0.15, 0.2) is 0 Å². The summed E-state index contributed by atoms with van der Waals surface area (Å²) < 4.78 is 0. The number of hydrogen-bond donors (Lipinski definition) is 4. The Hall–Kier alpha value is -2.94. The number of nitrogens with zero attached hydrogens (tertiary/aromatic N) is 1. The van der Waals surface area contributed by atoms with Gasteiger partial charge in [0.25, 0.3) is 0 Å². The largest absolute Gasteiger partial charge is 0.341 e. The van der Waals surface area contributed by atoms with Gasteiger partial charge in [-0.15, -0.1) is 0 Å². The lowest BCUT2D eigenvalue weighted by atomic mass is 9.95. The van der Waals surface area contributed by atoms with E-state index in [0.29, 0.717) is 6.54 Å². The van der Waals surface area contributed by atoms with Gasteiger partial charge >= 0.3 is 12.1 Å². The number of carbonyl (C=O) groups excluding carboxylic acids is 4. The average Bonchev–Trinajstić information content (AvgIpc) is 3.42. The van der Waals surface area contributed by atoms with Crippen molar-refractivity contribution in [2.75, 3.05) is 33.7 Å². The molecule has 6 amide bonds. The monoisotopic (exact) mass is 375 g/mol. The zero-order valence-corrected chi connectivity index (χ0v) is 15.5. The number of hydrogen-bond acceptors (Lipinski definition) is 5. The van der Waals surface area contributed by atoms with Crippen molar-refractivity contribution in [3.63, 3.8) is 0 Å². The summed E-state index contributed by atoms with van der Waals surface area (Å²) >= 11 is 0. The molecule has 9 nitrogen and oxygen atoms in total. The van der Waals surface area contributed by atoms with Crippen molar-refractivity contribution in [2.24, 2.45) is 0 Å². The molecule has 146 valence electrons. The minimum atomic E-state index is -0.612. The fourth-order valence-corrected chi connectivity index (χ4v) is 2.94. The zero-order chi connectivity index (χ0) is 19.9. The Bertz CT molecular complexity index is 671. The van der Waals surface area contributed by atoms with Crippen LogP contribution in [0, 0.1) is 0 Å². The summed E-state index contributed by atoms with van der Waals surface area (Å²) in [4.78, 5) is 48.5. The molecule has 0 radical (unpaired) electrons. The molecule has 1 saturated carbocycles. The highest BCUT2D eigenvalue weighted by Crippen LogP contribution is 2.48. The van der Waals surface area contributed by atoms with Crippen LogP contribution in [-0.4, -0.2) is 62.5 Å². The van der Waals surface area contributed by atoms with Crippen molar-refractivity contribution < 1.29 is 19.2 Å². The fraction of sp³-hybridized carbons (Fsp3) is 0.444. The third-order valence-electron chi connectivity index (χ3n) is 4.46. The molecule has 1 aromatic rings. The van der Waals surface area contributed by atoms with Crippen molar-refractivity contribution in [1.29, 1.82) is 0 Å². The summed E-state index contributed by atoms with van der Waals surface area (Å²) in [5.74, 6) is -1.04. The topological polar surface area (TPSA) is 120 Å². The molecule has 4 N–H and O–H groups in total. The second-order valence-electron chi connectivity index (χ2n) is 6.55. The van der Waals surface area contributed by atoms with E-state index in [1.165, 1.54) is 14.1 Å². The summed E-state index contributed by atoms with van der Waals surface area (Å²) in [6.45, 7) is 0.200. The first-order chi connectivity index (χ1) is 12.9. The van der Waals surface area contributed by atoms with E-state index in [4.69, 9.17) is 0 Å². The normalized spacial score (nSPS) is 14.2. The number of rotatable bonds is 7. The number of imide groups is 2. The highest BCUT2D eigenvalue weighted by Gasteiger charge is 2.45. The standard InChI is InChI=1S/C18H25N5O4/c1-19-16(26)21-14(24)10-23(11-15(25)22-17(27)20-2)12-18(8-9-18)13-6-4-3-5-7-13/h3-7H,8-12H2,1-2H3,(H2,19,21,24,26)(H2,20,22,25,27). The van der Waals surface area contributed by atoms with Gasteiger partial charge < -0.3 is 10.6 Å². The van der Waals surface area contributed by atoms with Gasteiger partial charge in [0.05, 0.1) is 13.1 Å². The van der Waals surface area contributed by atoms with E-state index in [9.17, 15) is 19.2 Å². The lowest BCUT2D eigenvalue weighted by Gasteiger charge is -2.26. The number of urea groups is 2. The van der Waals surface area contributed by atoms with Crippen molar-refractivity contribution in [2.45, 2.75) is 18.3 Å². The molecule has 0 heterocycles. The molecule has 0 bridgehead atoms. The van der Waals surface area contributed by atoms with Gasteiger partial charge in [-0.2, -0.15) is 0 Å². The van der Waals surface area contributed by atoms with Crippen LogP contribution in [0.5, 0.6) is 0 Å². The van der Waals surface area contributed by atoms with Gasteiger partial charge in [0, 0.05) is 26.1 Å². The maximum absolute atomic E-state index is 12.1. The van der Waals surface area contributed by atoms with Crippen LogP contribution in [-0.2, 0) is 15.0 Å². The van der Waals surface area contributed by atoms with Gasteiger partial charge in [0.1, 0.15) is 0 Å². The van der Waals surface area contributed by atoms with Crippen molar-refractivity contribution in [3.8, 4) is 0 Å². The maximum atomic E-state index is 12.1. The van der Waals surface area contributed by atoms with Crippen LogP contribution in [0.2, 0.25) is 0 Å². The molecular weight excluding hydrogens is 350 g/mol. The Morgan fingerprint density at radius 1 is 0.889 bits per heavy atom. The molecule has 0 aromatic heterocycles. The van der Waals surface area contributed by atoms with E-state index in [1.54, 1.807) is 4.90 Å². The summed E-state index contributed by atoms with van der Waals surface area (Å²) in [6, 6.07) is 8.68. The van der Waals surface area contributed by atoms with Crippen molar-refractivity contribution in [1.82, 2.24) is 26.2 Å². The second kappa shape index (κ2) is 9.13. The van der Waals surface area contributed by atoms with E-state index in [2.05, 4.69) is 21.3 Å². The Morgan fingerprint density at radius 2 is 1.37 bits per heavy atom. The molecule has 9 heteroatoms. The van der Waals surface area contributed by atoms with Gasteiger partial charge in [-0.3, -0.25) is 25.1 Å². The molecule has 0 atom stereocenters. The maximum Gasteiger partial charge on any atom is 0.321 e. The van der Waals surface area contributed by atoms with Gasteiger partial charge in [0.2, 0.25) is 11.8 Å². The molecule has 1 fully saturated rings. The van der Waals surface area contributed by atoms with Crippen LogP contribution in [0.3, 0.4) is 0 Å². The van der Waals surface area contributed by atoms with E-state index in [-0.39, 0.29) is 18.5 Å². The summed E-state index contributed by atoms with van der Waals surface area (Å²) in [7, 11) is 2.82. The quantitative estimate of drug-likeness (QED) is 0.532. The van der Waals surface area contributed by atoms with Gasteiger partial charge in [-0.1, -0.05) is 30.3 Å². The minimum absolute atomic E-state index is 0.123. The highest BCUT2D eigenvalue weighted by molar-refractivity contribution is 5.97. The molecule has 1 aromatic carbocycles. The fourth-order valence-electron chi connectivity index (χ4n) is 2.94. The minimum Gasteiger partial charge on any atom is -0.341 e. The molecule has 0 aliphatic heterocycles. The zero-order valence-electron chi connectivity index (χ0n) is 15.5. The molecule has 0 spiro atoms. The van der Waals surface area contributed by atoms with Crippen LogP contribution in [0.25, 0.3) is 0 Å². The van der Waals surface area contributed by atoms with Crippen LogP contribution >= 0.6 is 0 Å². The number of nitrogens with one attached hydrogen (secondary N) is 4.